The number of rotatable bonds is 6. The van der Waals surface area contributed by atoms with Crippen molar-refractivity contribution in [3.05, 3.63) is 53.1 Å². The zero-order chi connectivity index (χ0) is 23.5. The van der Waals surface area contributed by atoms with E-state index in [9.17, 15) is 18.0 Å². The first-order valence-corrected chi connectivity index (χ1v) is 10.1. The predicted octanol–water partition coefficient (Wildman–Crippen LogP) is 4.90. The molecule has 6 nitrogen and oxygen atoms in total. The van der Waals surface area contributed by atoms with E-state index in [0.717, 1.165) is 12.1 Å². The Morgan fingerprint density at radius 3 is 2.53 bits per heavy atom. The number of halogens is 3. The fourth-order valence-electron chi connectivity index (χ4n) is 3.45. The molecule has 1 N–H and O–H groups in total. The maximum Gasteiger partial charge on any atom is 0.416 e. The molecule has 2 atom stereocenters. The SMILES string of the molecule is CCOC(=O)C[C@H]1O[C@H](c2cccc(OC)c2OC)c2cc(C(F)(F)F)ccc2NC1=S. The van der Waals surface area contributed by atoms with Crippen molar-refractivity contribution >= 4 is 28.9 Å². The highest BCUT2D eigenvalue weighted by Crippen LogP contribution is 2.44. The van der Waals surface area contributed by atoms with Gasteiger partial charge in [0.2, 0.25) is 0 Å². The third kappa shape index (κ3) is 4.97. The molecular formula is C22H22F3NO5S. The highest BCUT2D eigenvalue weighted by atomic mass is 32.1. The lowest BCUT2D eigenvalue weighted by molar-refractivity contribution is -0.145. The molecule has 10 heteroatoms. The zero-order valence-corrected chi connectivity index (χ0v) is 18.4. The second-order valence-electron chi connectivity index (χ2n) is 6.89. The van der Waals surface area contributed by atoms with E-state index in [1.54, 1.807) is 25.1 Å². The van der Waals surface area contributed by atoms with Crippen molar-refractivity contribution < 1.29 is 36.9 Å². The number of anilines is 1. The van der Waals surface area contributed by atoms with Gasteiger partial charge in [-0.1, -0.05) is 24.4 Å². The summed E-state index contributed by atoms with van der Waals surface area (Å²) in [7, 11) is 2.87. The number of hydrogen-bond acceptors (Lipinski definition) is 6. The van der Waals surface area contributed by atoms with Crippen molar-refractivity contribution in [2.24, 2.45) is 0 Å². The van der Waals surface area contributed by atoms with Crippen LogP contribution in [0.15, 0.2) is 36.4 Å². The molecule has 32 heavy (non-hydrogen) atoms. The van der Waals surface area contributed by atoms with Crippen LogP contribution in [0, 0.1) is 0 Å². The summed E-state index contributed by atoms with van der Waals surface area (Å²) in [5.74, 6) is 0.134. The summed E-state index contributed by atoms with van der Waals surface area (Å²) in [6, 6.07) is 8.24. The quantitative estimate of drug-likeness (QED) is 0.477. The molecule has 3 rings (SSSR count). The lowest BCUT2D eigenvalue weighted by Crippen LogP contribution is -2.31. The second kappa shape index (κ2) is 9.74. The summed E-state index contributed by atoms with van der Waals surface area (Å²) >= 11 is 5.39. The van der Waals surface area contributed by atoms with Gasteiger partial charge >= 0.3 is 12.1 Å². The van der Waals surface area contributed by atoms with Crippen LogP contribution in [0.5, 0.6) is 11.5 Å². The normalized spacial score (nSPS) is 18.2. The molecule has 0 bridgehead atoms. The van der Waals surface area contributed by atoms with Crippen LogP contribution in [0.4, 0.5) is 18.9 Å². The number of benzene rings is 2. The van der Waals surface area contributed by atoms with E-state index in [4.69, 9.17) is 31.2 Å². The van der Waals surface area contributed by atoms with Crippen LogP contribution < -0.4 is 14.8 Å². The molecule has 172 valence electrons. The first-order chi connectivity index (χ1) is 15.2. The monoisotopic (exact) mass is 469 g/mol. The number of hydrogen-bond donors (Lipinski definition) is 1. The van der Waals surface area contributed by atoms with Crippen molar-refractivity contribution in [3.8, 4) is 11.5 Å². The zero-order valence-electron chi connectivity index (χ0n) is 17.6. The van der Waals surface area contributed by atoms with Gasteiger partial charge < -0.3 is 24.3 Å². The summed E-state index contributed by atoms with van der Waals surface area (Å²) in [5.41, 5.74) is 0.111. The van der Waals surface area contributed by atoms with Crippen molar-refractivity contribution in [3.63, 3.8) is 0 Å². The van der Waals surface area contributed by atoms with Gasteiger partial charge in [0.15, 0.2) is 11.5 Å². The Bertz CT molecular complexity index is 1010. The molecule has 0 fully saturated rings. The highest BCUT2D eigenvalue weighted by molar-refractivity contribution is 7.80. The van der Waals surface area contributed by atoms with Gasteiger partial charge in [0.05, 0.1) is 32.8 Å². The molecule has 0 saturated heterocycles. The predicted molar refractivity (Wildman–Crippen MR) is 115 cm³/mol. The minimum Gasteiger partial charge on any atom is -0.493 e. The van der Waals surface area contributed by atoms with Gasteiger partial charge in [0.1, 0.15) is 17.2 Å². The molecule has 1 aliphatic heterocycles. The van der Waals surface area contributed by atoms with Gasteiger partial charge in [-0.3, -0.25) is 4.79 Å². The Labute approximate surface area is 188 Å². The molecule has 0 aromatic heterocycles. The Morgan fingerprint density at radius 1 is 1.16 bits per heavy atom. The molecule has 0 unspecified atom stereocenters. The van der Waals surface area contributed by atoms with E-state index < -0.39 is 29.9 Å². The highest BCUT2D eigenvalue weighted by Gasteiger charge is 2.37. The van der Waals surface area contributed by atoms with Gasteiger partial charge in [-0.25, -0.2) is 0 Å². The average Bonchev–Trinajstić information content (AvgIpc) is 2.88. The lowest BCUT2D eigenvalue weighted by Gasteiger charge is -2.25. The van der Waals surface area contributed by atoms with E-state index in [-0.39, 0.29) is 23.6 Å². The Morgan fingerprint density at radius 2 is 1.91 bits per heavy atom. The molecule has 0 aliphatic carbocycles. The first-order valence-electron chi connectivity index (χ1n) is 9.73. The number of carbonyl (C=O) groups excluding carboxylic acids is 1. The average molecular weight is 469 g/mol. The molecule has 0 spiro atoms. The first kappa shape index (κ1) is 23.8. The van der Waals surface area contributed by atoms with Crippen molar-refractivity contribution in [2.45, 2.75) is 31.7 Å². The van der Waals surface area contributed by atoms with E-state index in [0.29, 0.717) is 22.7 Å². The standard InChI is InChI=1S/C22H22F3NO5S/c1-4-30-18(27)11-17-21(32)26-15-9-8-12(22(23,24)25)10-14(15)19(31-17)13-6-5-7-16(28-2)20(13)29-3/h5-10,17,19H,4,11H2,1-3H3,(H,26,32)/t17-,19-/m1/s1. The van der Waals surface area contributed by atoms with Crippen LogP contribution in [0.1, 0.15) is 36.1 Å². The maximum atomic E-state index is 13.5. The van der Waals surface area contributed by atoms with Gasteiger partial charge in [-0.15, -0.1) is 0 Å². The van der Waals surface area contributed by atoms with E-state index in [1.165, 1.54) is 20.3 Å². The van der Waals surface area contributed by atoms with Crippen LogP contribution in [0.3, 0.4) is 0 Å². The second-order valence-corrected chi connectivity index (χ2v) is 7.33. The molecule has 1 heterocycles. The summed E-state index contributed by atoms with van der Waals surface area (Å²) in [6.45, 7) is 1.84. The van der Waals surface area contributed by atoms with Gasteiger partial charge in [0.25, 0.3) is 0 Å². The number of para-hydroxylation sites is 1. The summed E-state index contributed by atoms with van der Waals surface area (Å²) in [4.78, 5) is 12.3. The fraction of sp³-hybridized carbons (Fsp3) is 0.364. The van der Waals surface area contributed by atoms with Crippen molar-refractivity contribution in [1.82, 2.24) is 0 Å². The number of methoxy groups -OCH3 is 2. The topological polar surface area (TPSA) is 66.0 Å². The maximum absolute atomic E-state index is 13.5. The lowest BCUT2D eigenvalue weighted by atomic mass is 9.96. The van der Waals surface area contributed by atoms with Crippen molar-refractivity contribution in [1.29, 1.82) is 0 Å². The van der Waals surface area contributed by atoms with Gasteiger partial charge in [-0.2, -0.15) is 13.2 Å². The van der Waals surface area contributed by atoms with E-state index in [2.05, 4.69) is 5.32 Å². The Hall–Kier alpha value is -2.85. The Balaban J connectivity index is 2.17. The number of fused-ring (bicyclic) bond motifs is 1. The molecule has 0 saturated carbocycles. The van der Waals surface area contributed by atoms with E-state index >= 15 is 0 Å². The molecule has 2 aromatic rings. The van der Waals surface area contributed by atoms with Crippen LogP contribution in [0.25, 0.3) is 0 Å². The van der Waals surface area contributed by atoms with Gasteiger partial charge in [-0.05, 0) is 31.2 Å². The van der Waals surface area contributed by atoms with Crippen LogP contribution in [-0.4, -0.2) is 37.9 Å². The third-order valence-corrected chi connectivity index (χ3v) is 5.25. The van der Waals surface area contributed by atoms with Gasteiger partial charge in [0, 0.05) is 16.8 Å². The number of ether oxygens (including phenoxy) is 4. The molecule has 0 radical (unpaired) electrons. The molecular weight excluding hydrogens is 447 g/mol. The fourth-order valence-corrected chi connectivity index (χ4v) is 3.70. The molecule has 0 amide bonds. The van der Waals surface area contributed by atoms with E-state index in [1.807, 2.05) is 0 Å². The Kier molecular flexibility index (Phi) is 7.25. The molecule has 1 aliphatic rings. The smallest absolute Gasteiger partial charge is 0.416 e. The number of thiocarbonyl (C=S) groups is 1. The summed E-state index contributed by atoms with van der Waals surface area (Å²) < 4.78 is 62.4. The summed E-state index contributed by atoms with van der Waals surface area (Å²) in [5, 5.41) is 2.92. The minimum atomic E-state index is -4.56. The number of esters is 1. The molecule has 2 aromatic carbocycles. The van der Waals surface area contributed by atoms with Crippen LogP contribution in [-0.2, 0) is 20.4 Å². The van der Waals surface area contributed by atoms with Crippen molar-refractivity contribution in [2.75, 3.05) is 26.1 Å². The minimum absolute atomic E-state index is 0.156. The van der Waals surface area contributed by atoms with Crippen LogP contribution >= 0.6 is 12.2 Å². The third-order valence-electron chi connectivity index (χ3n) is 4.89. The summed E-state index contributed by atoms with van der Waals surface area (Å²) in [6.07, 6.45) is -6.74. The number of carbonyl (C=O) groups is 1. The number of nitrogens with one attached hydrogen (secondary N) is 1. The van der Waals surface area contributed by atoms with Crippen LogP contribution in [0.2, 0.25) is 0 Å². The largest absolute Gasteiger partial charge is 0.493 e. The number of alkyl halides is 3.